The smallest absolute Gasteiger partial charge is 0.321 e. The third-order valence-electron chi connectivity index (χ3n) is 2.43. The SMILES string of the molecule is NC(C[C@H](NS(=O)(=O)Nc1ccccc1)C(=O)O)C(=O)O. The monoisotopic (exact) mass is 317 g/mol. The van der Waals surface area contributed by atoms with E-state index in [-0.39, 0.29) is 5.69 Å². The van der Waals surface area contributed by atoms with Crippen molar-refractivity contribution in [1.82, 2.24) is 4.72 Å². The van der Waals surface area contributed by atoms with Crippen LogP contribution < -0.4 is 15.2 Å². The highest BCUT2D eigenvalue weighted by Gasteiger charge is 2.28. The molecule has 21 heavy (non-hydrogen) atoms. The van der Waals surface area contributed by atoms with Gasteiger partial charge in [-0.25, -0.2) is 0 Å². The summed E-state index contributed by atoms with van der Waals surface area (Å²) in [6, 6.07) is 4.65. The summed E-state index contributed by atoms with van der Waals surface area (Å²) in [5.41, 5.74) is 5.44. The molecule has 2 atom stereocenters. The Hall–Kier alpha value is -2.17. The molecule has 0 heterocycles. The van der Waals surface area contributed by atoms with Crippen molar-refractivity contribution < 1.29 is 28.2 Å². The van der Waals surface area contributed by atoms with Gasteiger partial charge in [-0.1, -0.05) is 18.2 Å². The summed E-state index contributed by atoms with van der Waals surface area (Å²) in [4.78, 5) is 21.6. The quantitative estimate of drug-likeness (QED) is 0.419. The highest BCUT2D eigenvalue weighted by molar-refractivity contribution is 7.90. The summed E-state index contributed by atoms with van der Waals surface area (Å²) in [5, 5.41) is 17.6. The Morgan fingerprint density at radius 1 is 1.14 bits per heavy atom. The van der Waals surface area contributed by atoms with Gasteiger partial charge in [0.15, 0.2) is 0 Å². The number of para-hydroxylation sites is 1. The lowest BCUT2D eigenvalue weighted by Crippen LogP contribution is -2.48. The highest BCUT2D eigenvalue weighted by Crippen LogP contribution is 2.08. The second kappa shape index (κ2) is 7.02. The standard InChI is InChI=1S/C11H15N3O6S/c12-8(10(15)16)6-9(11(17)18)14-21(19,20)13-7-4-2-1-3-5-7/h1-5,8-9,13-14H,6,12H2,(H,15,16)(H,17,18)/t8?,9-/m0/s1. The van der Waals surface area contributed by atoms with Gasteiger partial charge in [0.2, 0.25) is 0 Å². The highest BCUT2D eigenvalue weighted by atomic mass is 32.2. The Bertz CT molecular complexity index is 604. The van der Waals surface area contributed by atoms with E-state index in [1.54, 1.807) is 18.2 Å². The molecule has 0 fully saturated rings. The van der Waals surface area contributed by atoms with Crippen molar-refractivity contribution in [3.63, 3.8) is 0 Å². The number of aliphatic carboxylic acids is 2. The van der Waals surface area contributed by atoms with Gasteiger partial charge in [0.05, 0.1) is 0 Å². The molecule has 0 aliphatic rings. The first-order chi connectivity index (χ1) is 9.71. The summed E-state index contributed by atoms with van der Waals surface area (Å²) in [6.07, 6.45) is -0.583. The summed E-state index contributed by atoms with van der Waals surface area (Å²) < 4.78 is 27.5. The summed E-state index contributed by atoms with van der Waals surface area (Å²) in [6.45, 7) is 0. The molecular weight excluding hydrogens is 302 g/mol. The van der Waals surface area contributed by atoms with E-state index >= 15 is 0 Å². The van der Waals surface area contributed by atoms with Gasteiger partial charge in [0, 0.05) is 12.1 Å². The Kier molecular flexibility index (Phi) is 5.64. The topological polar surface area (TPSA) is 159 Å². The molecule has 6 N–H and O–H groups in total. The fraction of sp³-hybridized carbons (Fsp3) is 0.273. The maximum Gasteiger partial charge on any atom is 0.321 e. The number of benzene rings is 1. The predicted octanol–water partition coefficient (Wildman–Crippen LogP) is -0.812. The van der Waals surface area contributed by atoms with E-state index < -0.39 is 40.7 Å². The molecule has 0 bridgehead atoms. The zero-order valence-corrected chi connectivity index (χ0v) is 11.6. The minimum absolute atomic E-state index is 0.233. The van der Waals surface area contributed by atoms with E-state index in [2.05, 4.69) is 4.72 Å². The molecule has 0 saturated carbocycles. The van der Waals surface area contributed by atoms with Crippen molar-refractivity contribution in [3.8, 4) is 0 Å². The van der Waals surface area contributed by atoms with Crippen LogP contribution in [0.25, 0.3) is 0 Å². The van der Waals surface area contributed by atoms with E-state index in [1.807, 2.05) is 4.72 Å². The predicted molar refractivity (Wildman–Crippen MR) is 73.8 cm³/mol. The Labute approximate surface area is 121 Å². The molecule has 116 valence electrons. The average Bonchev–Trinajstić information content (AvgIpc) is 2.37. The summed E-state index contributed by atoms with van der Waals surface area (Å²) in [5.74, 6) is -2.94. The number of nitrogens with one attached hydrogen (secondary N) is 2. The fourth-order valence-corrected chi connectivity index (χ4v) is 2.51. The molecule has 1 unspecified atom stereocenters. The minimum Gasteiger partial charge on any atom is -0.480 e. The molecule has 1 aromatic rings. The van der Waals surface area contributed by atoms with E-state index in [0.29, 0.717) is 0 Å². The number of rotatable bonds is 8. The van der Waals surface area contributed by atoms with Gasteiger partial charge in [0.25, 0.3) is 10.2 Å². The van der Waals surface area contributed by atoms with E-state index in [9.17, 15) is 18.0 Å². The fourth-order valence-electron chi connectivity index (χ4n) is 1.43. The first kappa shape index (κ1) is 16.9. The van der Waals surface area contributed by atoms with E-state index in [0.717, 1.165) is 0 Å². The number of hydrogen-bond acceptors (Lipinski definition) is 5. The molecule has 0 radical (unpaired) electrons. The van der Waals surface area contributed by atoms with Crippen LogP contribution in [0, 0.1) is 0 Å². The first-order valence-corrected chi connectivity index (χ1v) is 7.26. The van der Waals surface area contributed by atoms with Crippen molar-refractivity contribution in [1.29, 1.82) is 0 Å². The van der Waals surface area contributed by atoms with Crippen LogP contribution >= 0.6 is 0 Å². The molecule has 9 nitrogen and oxygen atoms in total. The summed E-state index contributed by atoms with van der Waals surface area (Å²) >= 11 is 0. The average molecular weight is 317 g/mol. The van der Waals surface area contributed by atoms with Gasteiger partial charge in [-0.05, 0) is 12.1 Å². The molecule has 10 heteroatoms. The molecule has 1 rings (SSSR count). The molecule has 0 amide bonds. The minimum atomic E-state index is -4.18. The first-order valence-electron chi connectivity index (χ1n) is 5.77. The maximum atomic E-state index is 11.8. The van der Waals surface area contributed by atoms with Crippen LogP contribution in [0.2, 0.25) is 0 Å². The van der Waals surface area contributed by atoms with Crippen LogP contribution in [0.4, 0.5) is 5.69 Å². The van der Waals surface area contributed by atoms with E-state index in [1.165, 1.54) is 12.1 Å². The molecule has 0 spiro atoms. The lowest BCUT2D eigenvalue weighted by atomic mass is 10.1. The second-order valence-corrected chi connectivity index (χ2v) is 5.61. The maximum absolute atomic E-state index is 11.8. The van der Waals surface area contributed by atoms with Gasteiger partial charge in [-0.2, -0.15) is 13.1 Å². The van der Waals surface area contributed by atoms with Gasteiger partial charge < -0.3 is 15.9 Å². The Morgan fingerprint density at radius 3 is 2.19 bits per heavy atom. The van der Waals surface area contributed by atoms with Crippen LogP contribution in [-0.2, 0) is 19.8 Å². The lowest BCUT2D eigenvalue weighted by molar-refractivity contribution is -0.141. The second-order valence-electron chi connectivity index (χ2n) is 4.16. The molecular formula is C11H15N3O6S. The van der Waals surface area contributed by atoms with Crippen molar-refractivity contribution in [3.05, 3.63) is 30.3 Å². The third-order valence-corrected chi connectivity index (χ3v) is 3.53. The largest absolute Gasteiger partial charge is 0.480 e. The number of carboxylic acids is 2. The lowest BCUT2D eigenvalue weighted by Gasteiger charge is -2.17. The molecule has 0 aliphatic heterocycles. The van der Waals surface area contributed by atoms with Crippen LogP contribution in [0.1, 0.15) is 6.42 Å². The Morgan fingerprint density at radius 2 is 1.71 bits per heavy atom. The number of carbonyl (C=O) groups is 2. The van der Waals surface area contributed by atoms with Gasteiger partial charge in [-0.15, -0.1) is 0 Å². The number of nitrogens with two attached hydrogens (primary N) is 1. The van der Waals surface area contributed by atoms with Crippen molar-refractivity contribution in [2.24, 2.45) is 5.73 Å². The molecule has 0 aromatic heterocycles. The van der Waals surface area contributed by atoms with Crippen molar-refractivity contribution in [2.75, 3.05) is 4.72 Å². The van der Waals surface area contributed by atoms with Gasteiger partial charge >= 0.3 is 11.9 Å². The van der Waals surface area contributed by atoms with Crippen molar-refractivity contribution in [2.45, 2.75) is 18.5 Å². The molecule has 0 saturated heterocycles. The summed E-state index contributed by atoms with van der Waals surface area (Å²) in [7, 11) is -4.18. The van der Waals surface area contributed by atoms with Crippen molar-refractivity contribution >= 4 is 27.8 Å². The van der Waals surface area contributed by atoms with Crippen LogP contribution in [0.15, 0.2) is 30.3 Å². The van der Waals surface area contributed by atoms with Crippen LogP contribution in [0.3, 0.4) is 0 Å². The Balaban J connectivity index is 2.78. The number of hydrogen-bond donors (Lipinski definition) is 5. The zero-order valence-electron chi connectivity index (χ0n) is 10.8. The normalized spacial score (nSPS) is 14.1. The van der Waals surface area contributed by atoms with Crippen LogP contribution in [0.5, 0.6) is 0 Å². The molecule has 0 aliphatic carbocycles. The third kappa shape index (κ3) is 5.77. The number of anilines is 1. The van der Waals surface area contributed by atoms with Gasteiger partial charge in [-0.3, -0.25) is 14.3 Å². The van der Waals surface area contributed by atoms with E-state index in [4.69, 9.17) is 15.9 Å². The number of carboxylic acid groups (broad SMARTS) is 2. The zero-order chi connectivity index (χ0) is 16.0. The molecule has 1 aromatic carbocycles. The van der Waals surface area contributed by atoms with Crippen LogP contribution in [-0.4, -0.2) is 42.7 Å². The van der Waals surface area contributed by atoms with Gasteiger partial charge in [0.1, 0.15) is 12.1 Å².